The van der Waals surface area contributed by atoms with Gasteiger partial charge in [0, 0.05) is 18.9 Å². The van der Waals surface area contributed by atoms with Gasteiger partial charge in [0.05, 0.1) is 29.2 Å². The number of sulfonamides is 1. The first-order valence-electron chi connectivity index (χ1n) is 9.51. The summed E-state index contributed by atoms with van der Waals surface area (Å²) in [6.07, 6.45) is 4.10. The molecule has 1 aromatic heterocycles. The van der Waals surface area contributed by atoms with Crippen molar-refractivity contribution in [2.45, 2.75) is 42.4 Å². The van der Waals surface area contributed by atoms with E-state index >= 15 is 0 Å². The Morgan fingerprint density at radius 1 is 1.17 bits per heavy atom. The van der Waals surface area contributed by atoms with Crippen LogP contribution < -0.4 is 10.0 Å². The Labute approximate surface area is 170 Å². The monoisotopic (exact) mass is 419 g/mol. The van der Waals surface area contributed by atoms with Crippen LogP contribution in [0.4, 0.5) is 0 Å². The van der Waals surface area contributed by atoms with Gasteiger partial charge < -0.3 is 15.2 Å². The van der Waals surface area contributed by atoms with Gasteiger partial charge in [0.15, 0.2) is 0 Å². The summed E-state index contributed by atoms with van der Waals surface area (Å²) in [7, 11) is -3.56. The molecule has 3 rings (SSSR count). The predicted octanol–water partition coefficient (Wildman–Crippen LogP) is 1.09. The van der Waals surface area contributed by atoms with Crippen LogP contribution in [0.3, 0.4) is 0 Å². The van der Waals surface area contributed by atoms with E-state index in [0.29, 0.717) is 24.8 Å². The molecule has 1 amide bonds. The molecule has 1 saturated heterocycles. The standard InChI is InChI=1S/C20H25N3O5S/c24-14-19-18(23-20(25)15-5-4-11-21-13-15)9-8-16(28-19)10-12-22-29(26,27)17-6-2-1-3-7-17/h1-7,11,13,16,18-19,22,24H,8-10,12,14H2,(H,23,25)/t16-,18-,19+/m1/s1. The highest BCUT2D eigenvalue weighted by molar-refractivity contribution is 7.89. The van der Waals surface area contributed by atoms with Crippen LogP contribution in [0.2, 0.25) is 0 Å². The van der Waals surface area contributed by atoms with Crippen LogP contribution in [-0.2, 0) is 14.8 Å². The summed E-state index contributed by atoms with van der Waals surface area (Å²) in [6.45, 7) is -0.00299. The van der Waals surface area contributed by atoms with Gasteiger partial charge in [-0.25, -0.2) is 13.1 Å². The Hall–Kier alpha value is -2.33. The van der Waals surface area contributed by atoms with Gasteiger partial charge in [-0.15, -0.1) is 0 Å². The van der Waals surface area contributed by atoms with Gasteiger partial charge in [0.25, 0.3) is 5.91 Å². The van der Waals surface area contributed by atoms with E-state index in [-0.39, 0.29) is 36.1 Å². The number of benzene rings is 1. The fraction of sp³-hybridized carbons (Fsp3) is 0.400. The van der Waals surface area contributed by atoms with Gasteiger partial charge in [0.1, 0.15) is 6.10 Å². The number of aromatic nitrogens is 1. The van der Waals surface area contributed by atoms with E-state index in [9.17, 15) is 18.3 Å². The van der Waals surface area contributed by atoms with Crippen molar-refractivity contribution in [3.05, 3.63) is 60.4 Å². The second-order valence-corrected chi connectivity index (χ2v) is 8.64. The number of nitrogens with one attached hydrogen (secondary N) is 2. The molecule has 0 bridgehead atoms. The highest BCUT2D eigenvalue weighted by atomic mass is 32.2. The highest BCUT2D eigenvalue weighted by Gasteiger charge is 2.32. The van der Waals surface area contributed by atoms with E-state index in [1.54, 1.807) is 36.5 Å². The zero-order chi connectivity index (χ0) is 20.7. The van der Waals surface area contributed by atoms with Crippen molar-refractivity contribution in [2.75, 3.05) is 13.2 Å². The van der Waals surface area contributed by atoms with Crippen molar-refractivity contribution in [1.29, 1.82) is 0 Å². The van der Waals surface area contributed by atoms with Crippen molar-refractivity contribution < 1.29 is 23.1 Å². The van der Waals surface area contributed by atoms with Crippen molar-refractivity contribution in [3.8, 4) is 0 Å². The van der Waals surface area contributed by atoms with Gasteiger partial charge in [-0.3, -0.25) is 9.78 Å². The SMILES string of the molecule is O=C(N[C@@H]1CC[C@H](CCNS(=O)(=O)c2ccccc2)O[C@H]1CO)c1cccnc1. The van der Waals surface area contributed by atoms with Crippen LogP contribution in [0.15, 0.2) is 59.8 Å². The molecule has 1 aromatic carbocycles. The van der Waals surface area contributed by atoms with Crippen LogP contribution in [-0.4, -0.2) is 55.8 Å². The lowest BCUT2D eigenvalue weighted by molar-refractivity contribution is -0.0891. The molecule has 0 spiro atoms. The molecule has 2 aromatic rings. The van der Waals surface area contributed by atoms with Gasteiger partial charge in [-0.2, -0.15) is 0 Å². The molecule has 156 valence electrons. The summed E-state index contributed by atoms with van der Waals surface area (Å²) in [6, 6.07) is 11.2. The number of aliphatic hydroxyl groups excluding tert-OH is 1. The Kier molecular flexibility index (Phi) is 7.32. The van der Waals surface area contributed by atoms with Crippen LogP contribution >= 0.6 is 0 Å². The third-order valence-electron chi connectivity index (χ3n) is 4.85. The van der Waals surface area contributed by atoms with E-state index < -0.39 is 16.1 Å². The van der Waals surface area contributed by atoms with Crippen molar-refractivity contribution >= 4 is 15.9 Å². The molecular weight excluding hydrogens is 394 g/mol. The molecule has 8 nitrogen and oxygen atoms in total. The number of carbonyl (C=O) groups is 1. The summed E-state index contributed by atoms with van der Waals surface area (Å²) in [4.78, 5) is 16.5. The number of rotatable bonds is 8. The zero-order valence-corrected chi connectivity index (χ0v) is 16.7. The van der Waals surface area contributed by atoms with E-state index in [0.717, 1.165) is 0 Å². The minimum absolute atomic E-state index is 0.197. The number of hydrogen-bond acceptors (Lipinski definition) is 6. The molecule has 1 fully saturated rings. The molecule has 3 atom stereocenters. The van der Waals surface area contributed by atoms with Crippen LogP contribution in [0.1, 0.15) is 29.6 Å². The number of carbonyl (C=O) groups excluding carboxylic acids is 1. The molecule has 1 aliphatic heterocycles. The van der Waals surface area contributed by atoms with Crippen molar-refractivity contribution in [1.82, 2.24) is 15.0 Å². The predicted molar refractivity (Wildman–Crippen MR) is 107 cm³/mol. The van der Waals surface area contributed by atoms with E-state index in [1.807, 2.05) is 0 Å². The van der Waals surface area contributed by atoms with Crippen LogP contribution in [0.25, 0.3) is 0 Å². The van der Waals surface area contributed by atoms with Crippen molar-refractivity contribution in [3.63, 3.8) is 0 Å². The minimum atomic E-state index is -3.56. The third kappa shape index (κ3) is 5.83. The molecule has 0 aliphatic carbocycles. The number of aliphatic hydroxyl groups is 1. The zero-order valence-electron chi connectivity index (χ0n) is 15.9. The van der Waals surface area contributed by atoms with E-state index in [4.69, 9.17) is 4.74 Å². The van der Waals surface area contributed by atoms with Crippen LogP contribution in [0, 0.1) is 0 Å². The Morgan fingerprint density at radius 2 is 1.97 bits per heavy atom. The van der Waals surface area contributed by atoms with Gasteiger partial charge in [0.2, 0.25) is 10.0 Å². The molecular formula is C20H25N3O5S. The number of ether oxygens (including phenoxy) is 1. The minimum Gasteiger partial charge on any atom is -0.394 e. The average Bonchev–Trinajstić information content (AvgIpc) is 2.75. The fourth-order valence-corrected chi connectivity index (χ4v) is 4.36. The molecule has 29 heavy (non-hydrogen) atoms. The molecule has 0 saturated carbocycles. The summed E-state index contributed by atoms with van der Waals surface area (Å²) in [5.41, 5.74) is 0.446. The first kappa shape index (κ1) is 21.4. The largest absolute Gasteiger partial charge is 0.394 e. The molecule has 1 aliphatic rings. The summed E-state index contributed by atoms with van der Waals surface area (Å²) in [5.74, 6) is -0.265. The van der Waals surface area contributed by atoms with Crippen molar-refractivity contribution in [2.24, 2.45) is 0 Å². The van der Waals surface area contributed by atoms with Gasteiger partial charge in [-0.05, 0) is 43.5 Å². The second kappa shape index (κ2) is 9.93. The average molecular weight is 420 g/mol. The topological polar surface area (TPSA) is 118 Å². The maximum absolute atomic E-state index is 12.3. The first-order valence-corrected chi connectivity index (χ1v) is 11.0. The maximum atomic E-state index is 12.3. The Bertz CT molecular complexity index is 893. The van der Waals surface area contributed by atoms with E-state index in [1.165, 1.54) is 18.3 Å². The number of nitrogens with zero attached hydrogens (tertiary/aromatic N) is 1. The number of amides is 1. The Balaban J connectivity index is 1.49. The quantitative estimate of drug-likeness (QED) is 0.590. The lowest BCUT2D eigenvalue weighted by Gasteiger charge is -2.36. The molecule has 2 heterocycles. The Morgan fingerprint density at radius 3 is 2.66 bits per heavy atom. The fourth-order valence-electron chi connectivity index (χ4n) is 3.30. The summed E-state index contributed by atoms with van der Waals surface area (Å²) >= 11 is 0. The molecule has 0 unspecified atom stereocenters. The molecule has 0 radical (unpaired) electrons. The van der Waals surface area contributed by atoms with Gasteiger partial charge >= 0.3 is 0 Å². The first-order chi connectivity index (χ1) is 14.0. The lowest BCUT2D eigenvalue weighted by Crippen LogP contribution is -2.51. The molecule has 9 heteroatoms. The summed E-state index contributed by atoms with van der Waals surface area (Å²) < 4.78 is 33.0. The number of hydrogen-bond donors (Lipinski definition) is 3. The smallest absolute Gasteiger partial charge is 0.253 e. The second-order valence-electron chi connectivity index (χ2n) is 6.88. The third-order valence-corrected chi connectivity index (χ3v) is 6.32. The normalized spacial score (nSPS) is 22.2. The number of pyridine rings is 1. The van der Waals surface area contributed by atoms with Crippen LogP contribution in [0.5, 0.6) is 0 Å². The van der Waals surface area contributed by atoms with Gasteiger partial charge in [-0.1, -0.05) is 18.2 Å². The maximum Gasteiger partial charge on any atom is 0.253 e. The summed E-state index contributed by atoms with van der Waals surface area (Å²) in [5, 5.41) is 12.5. The highest BCUT2D eigenvalue weighted by Crippen LogP contribution is 2.22. The van der Waals surface area contributed by atoms with E-state index in [2.05, 4.69) is 15.0 Å². The molecule has 3 N–H and O–H groups in total. The lowest BCUT2D eigenvalue weighted by atomic mass is 9.97.